The fourth-order valence-electron chi connectivity index (χ4n) is 5.71. The van der Waals surface area contributed by atoms with E-state index in [0.29, 0.717) is 24.2 Å². The van der Waals surface area contributed by atoms with E-state index in [1.807, 2.05) is 32.6 Å². The maximum atomic E-state index is 15.6. The summed E-state index contributed by atoms with van der Waals surface area (Å²) in [4.78, 5) is 25.3. The van der Waals surface area contributed by atoms with Crippen molar-refractivity contribution in [2.75, 3.05) is 24.5 Å². The average molecular weight is 637 g/mol. The summed E-state index contributed by atoms with van der Waals surface area (Å²) in [5.41, 5.74) is -8.01. The topological polar surface area (TPSA) is 134 Å². The van der Waals surface area contributed by atoms with Crippen LogP contribution in [-0.4, -0.2) is 83.5 Å². The molecule has 3 unspecified atom stereocenters. The van der Waals surface area contributed by atoms with Crippen molar-refractivity contribution in [2.45, 2.75) is 51.2 Å². The third-order valence-corrected chi connectivity index (χ3v) is 8.33. The highest BCUT2D eigenvalue weighted by atomic mass is 35.5. The van der Waals surface area contributed by atoms with Crippen molar-refractivity contribution in [3.05, 3.63) is 62.9 Å². The Labute approximate surface area is 264 Å². The van der Waals surface area contributed by atoms with Gasteiger partial charge >= 0.3 is 5.69 Å². The molecule has 232 valence electrons. The van der Waals surface area contributed by atoms with Crippen molar-refractivity contribution in [1.29, 1.82) is 0 Å². The molecule has 4 atom stereocenters. The number of aliphatic hydroxyl groups is 2. The van der Waals surface area contributed by atoms with E-state index in [-0.39, 0.29) is 58.2 Å². The largest absolute Gasteiger partial charge is 0.464 e. The molecule has 1 aromatic carbocycles. The minimum absolute atomic E-state index is 0.0344. The van der Waals surface area contributed by atoms with Crippen LogP contribution in [0, 0.1) is 17.6 Å². The van der Waals surface area contributed by atoms with Crippen LogP contribution in [0.15, 0.2) is 40.5 Å². The summed E-state index contributed by atoms with van der Waals surface area (Å²) in [7, 11) is 11.8. The predicted octanol–water partition coefficient (Wildman–Crippen LogP) is 1.93. The number of rotatable bonds is 2. The predicted molar refractivity (Wildman–Crippen MR) is 166 cm³/mol. The van der Waals surface area contributed by atoms with Crippen molar-refractivity contribution in [2.24, 2.45) is 5.92 Å². The van der Waals surface area contributed by atoms with Gasteiger partial charge in [-0.25, -0.2) is 23.1 Å². The van der Waals surface area contributed by atoms with Crippen LogP contribution < -0.4 is 26.0 Å². The second kappa shape index (κ2) is 11.0. The second-order valence-electron chi connectivity index (χ2n) is 11.8. The highest BCUT2D eigenvalue weighted by molar-refractivity contribution is 6.34. The lowest BCUT2D eigenvalue weighted by Gasteiger charge is -2.42. The van der Waals surface area contributed by atoms with Gasteiger partial charge in [-0.15, -0.1) is 0 Å². The molecule has 45 heavy (non-hydrogen) atoms. The van der Waals surface area contributed by atoms with Gasteiger partial charge in [-0.05, 0) is 44.0 Å². The standard InChI is InChI=1S/C29H29B2ClF2N6O5/c1-12(2)21-23-19(7-8-35-21)44-28(30,42)29(31,43)45-24-18(34)6-5-17(33)20(24)22-16(32)9-15-25(38-27(41)40(23)26(15)37-22)39-11-13(3)36-10-14(39)4/h5-7,9,12-14,35-36,42-43H,8,10-11H2,1-4H3/t13-,14?,28?,29?/m1/s1. The van der Waals surface area contributed by atoms with Gasteiger partial charge in [0.2, 0.25) is 11.4 Å². The van der Waals surface area contributed by atoms with Crippen LogP contribution in [0.1, 0.15) is 27.7 Å². The molecule has 3 aromatic rings. The number of pyridine rings is 1. The number of hydrogen-bond acceptors (Lipinski definition) is 10. The fraction of sp³-hybridized carbons (Fsp3) is 0.414. The molecular formula is C29H29B2ClF2N6O5. The van der Waals surface area contributed by atoms with Gasteiger partial charge in [-0.1, -0.05) is 25.4 Å². The molecule has 0 amide bonds. The number of nitrogens with one attached hydrogen (secondary N) is 2. The van der Waals surface area contributed by atoms with E-state index in [0.717, 1.165) is 16.7 Å². The van der Waals surface area contributed by atoms with E-state index in [4.69, 9.17) is 36.8 Å². The molecule has 0 saturated carbocycles. The van der Waals surface area contributed by atoms with Gasteiger partial charge in [0.25, 0.3) is 0 Å². The maximum absolute atomic E-state index is 15.6. The Balaban J connectivity index is 1.80. The van der Waals surface area contributed by atoms with Gasteiger partial charge in [-0.2, -0.15) is 4.98 Å². The smallest absolute Gasteiger partial charge is 0.356 e. The first-order valence-electron chi connectivity index (χ1n) is 14.3. The first kappa shape index (κ1) is 31.3. The lowest BCUT2D eigenvalue weighted by molar-refractivity contribution is -0.260. The van der Waals surface area contributed by atoms with Crippen LogP contribution in [0.4, 0.5) is 14.6 Å². The number of anilines is 1. The van der Waals surface area contributed by atoms with Crippen molar-refractivity contribution in [1.82, 2.24) is 25.2 Å². The van der Waals surface area contributed by atoms with E-state index in [1.165, 1.54) is 12.1 Å². The molecule has 3 aliphatic heterocycles. The highest BCUT2D eigenvalue weighted by Crippen LogP contribution is 2.43. The molecule has 0 spiro atoms. The number of halogens is 3. The Hall–Kier alpha value is -3.65. The van der Waals surface area contributed by atoms with Crippen LogP contribution in [0.5, 0.6) is 5.75 Å². The molecule has 2 aromatic heterocycles. The zero-order valence-corrected chi connectivity index (χ0v) is 25.6. The third kappa shape index (κ3) is 5.15. The van der Waals surface area contributed by atoms with Crippen molar-refractivity contribution < 1.29 is 28.5 Å². The van der Waals surface area contributed by atoms with E-state index < -0.39 is 40.0 Å². The van der Waals surface area contributed by atoms with Crippen LogP contribution in [0.25, 0.3) is 28.0 Å². The highest BCUT2D eigenvalue weighted by Gasteiger charge is 2.48. The molecule has 0 aliphatic carbocycles. The minimum atomic E-state index is -3.38. The van der Waals surface area contributed by atoms with E-state index >= 15 is 8.78 Å². The molecule has 4 N–H and O–H groups in total. The van der Waals surface area contributed by atoms with Gasteiger partial charge < -0.3 is 35.2 Å². The number of aromatic nitrogens is 3. The Morgan fingerprint density at radius 2 is 1.82 bits per heavy atom. The van der Waals surface area contributed by atoms with Crippen LogP contribution in [0.2, 0.25) is 5.02 Å². The van der Waals surface area contributed by atoms with Crippen LogP contribution in [0.3, 0.4) is 0 Å². The summed E-state index contributed by atoms with van der Waals surface area (Å²) in [5.74, 6) is -3.41. The molecule has 6 rings (SSSR count). The SMILES string of the molecule is [B]C1(O)OC2=CCNC(C(C)C)=C2n2c(=O)nc(N3C[C@@H](C)NCC3C)c3cc(Cl)c(nc32)-c2c(F)ccc(F)c2OC1([B])O. The molecule has 4 radical (unpaired) electrons. The number of hydrogen-bond donors (Lipinski definition) is 4. The number of ether oxygens (including phenoxy) is 2. The molecule has 2 bridgehead atoms. The summed E-state index contributed by atoms with van der Waals surface area (Å²) in [6, 6.07) is 2.94. The number of benzene rings is 1. The van der Waals surface area contributed by atoms with Crippen molar-refractivity contribution in [3.8, 4) is 17.0 Å². The zero-order chi connectivity index (χ0) is 32.6. The molecule has 11 nitrogen and oxygen atoms in total. The molecule has 16 heteroatoms. The summed E-state index contributed by atoms with van der Waals surface area (Å²) in [6.07, 6.45) is 1.44. The van der Waals surface area contributed by atoms with Gasteiger partial charge in [0.1, 0.15) is 23.1 Å². The first-order valence-corrected chi connectivity index (χ1v) is 14.7. The number of allylic oxidation sites excluding steroid dienone is 2. The van der Waals surface area contributed by atoms with Gasteiger partial charge in [-0.3, -0.25) is 0 Å². The van der Waals surface area contributed by atoms with Crippen LogP contribution in [-0.2, 0) is 4.74 Å². The molecule has 3 aliphatic rings. The lowest BCUT2D eigenvalue weighted by Crippen LogP contribution is -2.61. The third-order valence-electron chi connectivity index (χ3n) is 8.04. The van der Waals surface area contributed by atoms with E-state index in [9.17, 15) is 15.0 Å². The molecule has 1 fully saturated rings. The van der Waals surface area contributed by atoms with Gasteiger partial charge in [0.15, 0.2) is 32.9 Å². The zero-order valence-electron chi connectivity index (χ0n) is 24.9. The summed E-state index contributed by atoms with van der Waals surface area (Å²) >= 11 is 6.76. The summed E-state index contributed by atoms with van der Waals surface area (Å²) in [5, 5.41) is 29.0. The number of piperazine rings is 1. The quantitative estimate of drug-likeness (QED) is 0.309. The normalized spacial score (nSPS) is 26.7. The first-order chi connectivity index (χ1) is 21.1. The van der Waals surface area contributed by atoms with E-state index in [2.05, 4.69) is 20.6 Å². The van der Waals surface area contributed by atoms with Crippen molar-refractivity contribution in [3.63, 3.8) is 0 Å². The van der Waals surface area contributed by atoms with Gasteiger partial charge in [0.05, 0.1) is 21.7 Å². The Kier molecular flexibility index (Phi) is 7.66. The molecular weight excluding hydrogens is 607 g/mol. The Bertz CT molecular complexity index is 1850. The summed E-state index contributed by atoms with van der Waals surface area (Å²) in [6.45, 7) is 8.90. The monoisotopic (exact) mass is 636 g/mol. The van der Waals surface area contributed by atoms with Crippen molar-refractivity contribution >= 4 is 49.8 Å². The maximum Gasteiger partial charge on any atom is 0.356 e. The number of fused-ring (bicyclic) bond motifs is 5. The van der Waals surface area contributed by atoms with Gasteiger partial charge in [0, 0.05) is 37.4 Å². The number of dihydropyridines is 1. The van der Waals surface area contributed by atoms with E-state index in [1.54, 1.807) is 0 Å². The summed E-state index contributed by atoms with van der Waals surface area (Å²) < 4.78 is 43.1. The number of nitrogens with zero attached hydrogens (tertiary/aromatic N) is 4. The fourth-order valence-corrected chi connectivity index (χ4v) is 5.95. The van der Waals surface area contributed by atoms with Crippen LogP contribution >= 0.6 is 11.6 Å². The molecule has 5 heterocycles. The minimum Gasteiger partial charge on any atom is -0.464 e. The Morgan fingerprint density at radius 3 is 2.53 bits per heavy atom. The lowest BCUT2D eigenvalue weighted by atomic mass is 9.74. The molecule has 1 saturated heterocycles. The Morgan fingerprint density at radius 1 is 1.13 bits per heavy atom. The second-order valence-corrected chi connectivity index (χ2v) is 12.2. The average Bonchev–Trinajstić information content (AvgIpc) is 2.95.